The molecule has 0 saturated carbocycles. The van der Waals surface area contributed by atoms with Gasteiger partial charge in [-0.25, -0.2) is 4.98 Å². The van der Waals surface area contributed by atoms with Crippen molar-refractivity contribution in [1.29, 1.82) is 0 Å². The van der Waals surface area contributed by atoms with Gasteiger partial charge in [0.15, 0.2) is 0 Å². The molecule has 3 rings (SSSR count). The largest absolute Gasteiger partial charge is 0.323 e. The number of nitrogens with zero attached hydrogens (tertiary/aromatic N) is 4. The summed E-state index contributed by atoms with van der Waals surface area (Å²) in [7, 11) is 1.89. The summed E-state index contributed by atoms with van der Waals surface area (Å²) in [4.78, 5) is 9.85. The normalized spacial score (nSPS) is 12.6. The molecule has 0 bridgehead atoms. The maximum atomic E-state index is 6.08. The Morgan fingerprint density at radius 2 is 2.00 bits per heavy atom. The van der Waals surface area contributed by atoms with Crippen LogP contribution in [0.1, 0.15) is 17.8 Å². The highest BCUT2D eigenvalue weighted by atomic mass is 32.1. The molecule has 0 aliphatic rings. The molecule has 1 unspecified atom stereocenters. The maximum absolute atomic E-state index is 6.08. The van der Waals surface area contributed by atoms with Crippen LogP contribution in [0.3, 0.4) is 0 Å². The van der Waals surface area contributed by atoms with Crippen LogP contribution < -0.4 is 5.73 Å². The smallest absolute Gasteiger partial charge is 0.124 e. The van der Waals surface area contributed by atoms with Crippen molar-refractivity contribution in [2.75, 3.05) is 0 Å². The number of aromatic nitrogens is 4. The number of thiazole rings is 1. The van der Waals surface area contributed by atoms with E-state index in [9.17, 15) is 0 Å². The van der Waals surface area contributed by atoms with E-state index in [-0.39, 0.29) is 6.04 Å². The molecule has 3 heterocycles. The molecule has 0 fully saturated rings. The van der Waals surface area contributed by atoms with Gasteiger partial charge in [0.1, 0.15) is 5.01 Å². The van der Waals surface area contributed by atoms with Gasteiger partial charge in [0, 0.05) is 47.7 Å². The highest BCUT2D eigenvalue weighted by Crippen LogP contribution is 2.36. The van der Waals surface area contributed by atoms with Gasteiger partial charge in [-0.1, -0.05) is 0 Å². The van der Waals surface area contributed by atoms with E-state index in [1.54, 1.807) is 28.4 Å². The lowest BCUT2D eigenvalue weighted by atomic mass is 10.1. The molecule has 6 heteroatoms. The van der Waals surface area contributed by atoms with Crippen molar-refractivity contribution < 1.29 is 0 Å². The van der Waals surface area contributed by atoms with E-state index in [1.807, 2.05) is 38.5 Å². The third kappa shape index (κ3) is 2.35. The highest BCUT2D eigenvalue weighted by Gasteiger charge is 2.18. The Hall–Kier alpha value is -2.05. The van der Waals surface area contributed by atoms with E-state index < -0.39 is 0 Å². The second-order valence-corrected chi connectivity index (χ2v) is 5.69. The van der Waals surface area contributed by atoms with Crippen LogP contribution in [0.2, 0.25) is 0 Å². The zero-order chi connectivity index (χ0) is 14.1. The molecule has 102 valence electrons. The highest BCUT2D eigenvalue weighted by molar-refractivity contribution is 7.15. The molecular weight excluding hydrogens is 270 g/mol. The summed E-state index contributed by atoms with van der Waals surface area (Å²) in [5.41, 5.74) is 9.06. The van der Waals surface area contributed by atoms with Gasteiger partial charge in [-0.2, -0.15) is 5.10 Å². The summed E-state index contributed by atoms with van der Waals surface area (Å²) >= 11 is 1.62. The molecule has 1 atom stereocenters. The molecule has 0 aliphatic heterocycles. The molecule has 0 aromatic carbocycles. The van der Waals surface area contributed by atoms with Gasteiger partial charge in [0.05, 0.1) is 11.9 Å². The number of rotatable bonds is 3. The van der Waals surface area contributed by atoms with Crippen LogP contribution >= 0.6 is 11.3 Å². The predicted molar refractivity (Wildman–Crippen MR) is 80.1 cm³/mol. The first-order chi connectivity index (χ1) is 9.65. The first-order valence-electron chi connectivity index (χ1n) is 6.31. The topological polar surface area (TPSA) is 69.6 Å². The minimum Gasteiger partial charge on any atom is -0.323 e. The fourth-order valence-corrected chi connectivity index (χ4v) is 3.05. The second-order valence-electron chi connectivity index (χ2n) is 4.66. The number of hydrogen-bond donors (Lipinski definition) is 1. The van der Waals surface area contributed by atoms with Crippen LogP contribution in [-0.2, 0) is 7.05 Å². The van der Waals surface area contributed by atoms with Crippen molar-refractivity contribution >= 4 is 11.3 Å². The number of hydrogen-bond acceptors (Lipinski definition) is 5. The SMILES string of the molecule is CC(N)c1sc(-c2ccncc2)nc1-c1cnn(C)c1. The fourth-order valence-electron chi connectivity index (χ4n) is 2.01. The zero-order valence-electron chi connectivity index (χ0n) is 11.3. The van der Waals surface area contributed by atoms with Crippen LogP contribution in [0, 0.1) is 0 Å². The molecule has 20 heavy (non-hydrogen) atoms. The van der Waals surface area contributed by atoms with Gasteiger partial charge >= 0.3 is 0 Å². The summed E-state index contributed by atoms with van der Waals surface area (Å²) in [5, 5.41) is 5.16. The minimum absolute atomic E-state index is 0.0571. The number of aryl methyl sites for hydroxylation is 1. The van der Waals surface area contributed by atoms with Crippen LogP contribution in [-0.4, -0.2) is 19.7 Å². The Balaban J connectivity index is 2.12. The van der Waals surface area contributed by atoms with Crippen molar-refractivity contribution in [2.24, 2.45) is 12.8 Å². The summed E-state index contributed by atoms with van der Waals surface area (Å²) in [5.74, 6) is 0. The van der Waals surface area contributed by atoms with E-state index in [0.29, 0.717) is 0 Å². The first-order valence-corrected chi connectivity index (χ1v) is 7.12. The molecule has 0 radical (unpaired) electrons. The third-order valence-corrected chi connectivity index (χ3v) is 4.28. The number of nitrogens with two attached hydrogens (primary N) is 1. The van der Waals surface area contributed by atoms with Crippen molar-refractivity contribution in [2.45, 2.75) is 13.0 Å². The molecule has 0 aliphatic carbocycles. The fraction of sp³-hybridized carbons (Fsp3) is 0.214. The third-order valence-electron chi connectivity index (χ3n) is 2.97. The van der Waals surface area contributed by atoms with Crippen LogP contribution in [0.25, 0.3) is 21.8 Å². The Morgan fingerprint density at radius 3 is 2.60 bits per heavy atom. The zero-order valence-corrected chi connectivity index (χ0v) is 12.1. The van der Waals surface area contributed by atoms with E-state index in [2.05, 4.69) is 10.1 Å². The lowest BCUT2D eigenvalue weighted by molar-refractivity contribution is 0.768. The molecule has 0 amide bonds. The first kappa shape index (κ1) is 13.0. The average Bonchev–Trinajstić information content (AvgIpc) is 3.05. The molecule has 3 aromatic rings. The van der Waals surface area contributed by atoms with Crippen molar-refractivity contribution in [3.63, 3.8) is 0 Å². The Bertz CT molecular complexity index is 714. The average molecular weight is 285 g/mol. The monoisotopic (exact) mass is 285 g/mol. The molecular formula is C14H15N5S. The standard InChI is InChI=1S/C14H15N5S/c1-9(15)13-12(11-7-17-19(2)8-11)18-14(20-13)10-3-5-16-6-4-10/h3-9H,15H2,1-2H3. The van der Waals surface area contributed by atoms with Crippen molar-refractivity contribution in [1.82, 2.24) is 19.7 Å². The maximum Gasteiger partial charge on any atom is 0.124 e. The Morgan fingerprint density at radius 1 is 1.25 bits per heavy atom. The van der Waals surface area contributed by atoms with Gasteiger partial charge < -0.3 is 5.73 Å². The summed E-state index contributed by atoms with van der Waals surface area (Å²) in [6.07, 6.45) is 7.31. The predicted octanol–water partition coefficient (Wildman–Crippen LogP) is 2.63. The van der Waals surface area contributed by atoms with Gasteiger partial charge in [0.25, 0.3) is 0 Å². The Labute approximate surface area is 121 Å². The second kappa shape index (κ2) is 5.15. The lowest BCUT2D eigenvalue weighted by Gasteiger charge is -2.02. The van der Waals surface area contributed by atoms with E-state index in [4.69, 9.17) is 10.7 Å². The molecule has 0 saturated heterocycles. The lowest BCUT2D eigenvalue weighted by Crippen LogP contribution is -2.03. The van der Waals surface area contributed by atoms with Gasteiger partial charge in [-0.3, -0.25) is 9.67 Å². The van der Waals surface area contributed by atoms with Gasteiger partial charge in [-0.15, -0.1) is 11.3 Å². The van der Waals surface area contributed by atoms with Gasteiger partial charge in [-0.05, 0) is 19.1 Å². The molecule has 3 aromatic heterocycles. The van der Waals surface area contributed by atoms with Crippen LogP contribution in [0.5, 0.6) is 0 Å². The molecule has 2 N–H and O–H groups in total. The quantitative estimate of drug-likeness (QED) is 0.803. The molecule has 0 spiro atoms. The number of pyridine rings is 1. The summed E-state index contributed by atoms with van der Waals surface area (Å²) in [6.45, 7) is 1.98. The van der Waals surface area contributed by atoms with Crippen molar-refractivity contribution in [3.05, 3.63) is 41.8 Å². The van der Waals surface area contributed by atoms with E-state index in [0.717, 1.165) is 26.7 Å². The van der Waals surface area contributed by atoms with E-state index >= 15 is 0 Å². The summed E-state index contributed by atoms with van der Waals surface area (Å²) in [6, 6.07) is 3.85. The van der Waals surface area contributed by atoms with Crippen LogP contribution in [0.15, 0.2) is 36.9 Å². The minimum atomic E-state index is -0.0571. The Kier molecular flexibility index (Phi) is 3.33. The van der Waals surface area contributed by atoms with E-state index in [1.165, 1.54) is 0 Å². The molecule has 5 nitrogen and oxygen atoms in total. The summed E-state index contributed by atoms with van der Waals surface area (Å²) < 4.78 is 1.77. The van der Waals surface area contributed by atoms with Crippen LogP contribution in [0.4, 0.5) is 0 Å². The van der Waals surface area contributed by atoms with Gasteiger partial charge in [0.2, 0.25) is 0 Å². The van der Waals surface area contributed by atoms with Crippen molar-refractivity contribution in [3.8, 4) is 21.8 Å².